The highest BCUT2D eigenvalue weighted by Crippen LogP contribution is 2.42. The number of hydrogen-bond donors (Lipinski definition) is 3. The number of phenols is 1. The molecule has 144 valence electrons. The number of hydrogen-bond acceptors (Lipinski definition) is 3. The molecule has 0 spiro atoms. The van der Waals surface area contributed by atoms with Gasteiger partial charge in [-0.25, -0.2) is 0 Å². The fourth-order valence-electron chi connectivity index (χ4n) is 4.17. The van der Waals surface area contributed by atoms with Gasteiger partial charge in [-0.15, -0.1) is 0 Å². The molecule has 0 saturated heterocycles. The smallest absolute Gasteiger partial charge is 0.232 e. The Kier molecular flexibility index (Phi) is 3.40. The molecule has 5 aromatic rings. The lowest BCUT2D eigenvalue weighted by Crippen LogP contribution is -2.04. The van der Waals surface area contributed by atoms with Crippen molar-refractivity contribution in [1.29, 1.82) is 0 Å². The number of phenolic OH excluding ortho intramolecular Hbond substituents is 1. The normalized spacial score (nSPS) is 13.1. The molecule has 30 heavy (non-hydrogen) atoms. The van der Waals surface area contributed by atoms with Crippen LogP contribution >= 0.6 is 0 Å². The Morgan fingerprint density at radius 2 is 1.40 bits per heavy atom. The van der Waals surface area contributed by atoms with Crippen LogP contribution in [0.3, 0.4) is 0 Å². The van der Waals surface area contributed by atoms with Gasteiger partial charge in [0.25, 0.3) is 0 Å². The Bertz CT molecular complexity index is 1430. The van der Waals surface area contributed by atoms with E-state index in [4.69, 9.17) is 4.74 Å². The molecule has 3 aromatic carbocycles. The lowest BCUT2D eigenvalue weighted by Gasteiger charge is -2.10. The van der Waals surface area contributed by atoms with Crippen molar-refractivity contribution in [2.75, 3.05) is 0 Å². The second kappa shape index (κ2) is 6.12. The van der Waals surface area contributed by atoms with Crippen molar-refractivity contribution >= 4 is 33.2 Å². The largest absolute Gasteiger partial charge is 0.508 e. The molecule has 2 aromatic heterocycles. The first kappa shape index (κ1) is 16.7. The van der Waals surface area contributed by atoms with Crippen molar-refractivity contribution in [2.45, 2.75) is 0 Å². The number of ether oxygens (including phenoxy) is 1. The summed E-state index contributed by atoms with van der Waals surface area (Å²) in [5.41, 5.74) is 4.88. The molecule has 0 unspecified atom stereocenters. The molecule has 1 aliphatic rings. The molecule has 3 heterocycles. The molecule has 0 bridgehead atoms. The quantitative estimate of drug-likeness (QED) is 0.353. The standard InChI is InChI=1S/C25H16N2O3/c28-14-9-10-17-22(11-14)30-25(24(17)29)23(18-12-26-20-7-3-1-5-15(18)20)19-13-27-21-8-4-2-6-16(19)21/h1-13,26-28H. The number of allylic oxidation sites excluding steroid dienone is 1. The minimum atomic E-state index is -0.199. The highest BCUT2D eigenvalue weighted by molar-refractivity contribution is 6.20. The lowest BCUT2D eigenvalue weighted by atomic mass is 9.94. The molecule has 0 amide bonds. The molecule has 0 radical (unpaired) electrons. The maximum Gasteiger partial charge on any atom is 0.232 e. The molecule has 5 nitrogen and oxygen atoms in total. The first-order chi connectivity index (χ1) is 14.7. The molecule has 5 heteroatoms. The van der Waals surface area contributed by atoms with Gasteiger partial charge in [-0.05, 0) is 24.3 Å². The molecular formula is C25H16N2O3. The summed E-state index contributed by atoms with van der Waals surface area (Å²) in [5.74, 6) is 0.483. The number of Topliss-reactive ketones (excluding diaryl/α,β-unsaturated/α-hetero) is 1. The number of aromatic nitrogens is 2. The molecule has 0 atom stereocenters. The number of para-hydroxylation sites is 2. The van der Waals surface area contributed by atoms with Crippen LogP contribution in [0.15, 0.2) is 84.9 Å². The van der Waals surface area contributed by atoms with Crippen molar-refractivity contribution < 1.29 is 14.6 Å². The van der Waals surface area contributed by atoms with Gasteiger partial charge in [0.1, 0.15) is 11.5 Å². The van der Waals surface area contributed by atoms with Gasteiger partial charge in [0.05, 0.1) is 5.56 Å². The molecule has 0 aliphatic carbocycles. The first-order valence-corrected chi connectivity index (χ1v) is 9.63. The predicted octanol–water partition coefficient (Wildman–Crippen LogP) is 5.39. The third-order valence-electron chi connectivity index (χ3n) is 5.57. The number of H-pyrrole nitrogens is 2. The van der Waals surface area contributed by atoms with Crippen LogP contribution in [0.4, 0.5) is 0 Å². The summed E-state index contributed by atoms with van der Waals surface area (Å²) in [7, 11) is 0. The zero-order valence-electron chi connectivity index (χ0n) is 15.8. The van der Waals surface area contributed by atoms with E-state index < -0.39 is 0 Å². The van der Waals surface area contributed by atoms with Crippen LogP contribution in [0.5, 0.6) is 11.5 Å². The topological polar surface area (TPSA) is 78.1 Å². The summed E-state index contributed by atoms with van der Waals surface area (Å²) in [5, 5.41) is 11.8. The Morgan fingerprint density at radius 3 is 2.03 bits per heavy atom. The second-order valence-corrected chi connectivity index (χ2v) is 7.31. The van der Waals surface area contributed by atoms with Crippen LogP contribution in [0.25, 0.3) is 27.4 Å². The van der Waals surface area contributed by atoms with E-state index in [0.717, 1.165) is 32.9 Å². The average Bonchev–Trinajstić information content (AvgIpc) is 3.46. The van der Waals surface area contributed by atoms with E-state index in [1.807, 2.05) is 60.9 Å². The second-order valence-electron chi connectivity index (χ2n) is 7.31. The molecular weight excluding hydrogens is 376 g/mol. The Labute approximate surface area is 171 Å². The Hall–Kier alpha value is -4.25. The number of rotatable bonds is 2. The minimum Gasteiger partial charge on any atom is -0.508 e. The van der Waals surface area contributed by atoms with E-state index in [-0.39, 0.29) is 17.3 Å². The van der Waals surface area contributed by atoms with Crippen molar-refractivity contribution in [3.8, 4) is 11.5 Å². The van der Waals surface area contributed by atoms with Gasteiger partial charge in [-0.3, -0.25) is 4.79 Å². The Balaban J connectivity index is 1.69. The predicted molar refractivity (Wildman–Crippen MR) is 116 cm³/mol. The number of ketones is 1. The lowest BCUT2D eigenvalue weighted by molar-refractivity contribution is 0.101. The van der Waals surface area contributed by atoms with Crippen LogP contribution in [0, 0.1) is 0 Å². The number of nitrogens with one attached hydrogen (secondary N) is 2. The highest BCUT2D eigenvalue weighted by atomic mass is 16.5. The van der Waals surface area contributed by atoms with Crippen molar-refractivity contribution in [3.63, 3.8) is 0 Å². The maximum atomic E-state index is 13.3. The summed E-state index contributed by atoms with van der Waals surface area (Å²) in [6, 6.07) is 20.5. The number of carbonyl (C=O) groups is 1. The molecule has 6 rings (SSSR count). The summed E-state index contributed by atoms with van der Waals surface area (Å²) in [4.78, 5) is 19.9. The zero-order chi connectivity index (χ0) is 20.2. The minimum absolute atomic E-state index is 0.0588. The Morgan fingerprint density at radius 1 is 0.800 bits per heavy atom. The van der Waals surface area contributed by atoms with Crippen LogP contribution in [0.2, 0.25) is 0 Å². The highest BCUT2D eigenvalue weighted by Gasteiger charge is 2.33. The maximum absolute atomic E-state index is 13.3. The number of aromatic hydroxyl groups is 1. The fraction of sp³-hybridized carbons (Fsp3) is 0. The van der Waals surface area contributed by atoms with Crippen molar-refractivity contribution in [2.24, 2.45) is 0 Å². The summed E-state index contributed by atoms with van der Waals surface area (Å²) >= 11 is 0. The molecule has 0 saturated carbocycles. The van der Waals surface area contributed by atoms with E-state index in [2.05, 4.69) is 9.97 Å². The van der Waals surface area contributed by atoms with Crippen LogP contribution in [-0.2, 0) is 0 Å². The van der Waals surface area contributed by atoms with Gasteiger partial charge >= 0.3 is 0 Å². The summed E-state index contributed by atoms with van der Waals surface area (Å²) in [6.07, 6.45) is 3.82. The summed E-state index contributed by atoms with van der Waals surface area (Å²) in [6.45, 7) is 0. The third-order valence-corrected chi connectivity index (χ3v) is 5.57. The van der Waals surface area contributed by atoms with Gasteiger partial charge in [0.2, 0.25) is 5.78 Å². The number of carbonyl (C=O) groups excluding carboxylic acids is 1. The van der Waals surface area contributed by atoms with Gasteiger partial charge in [-0.2, -0.15) is 0 Å². The first-order valence-electron chi connectivity index (χ1n) is 9.63. The molecule has 1 aliphatic heterocycles. The monoisotopic (exact) mass is 392 g/mol. The van der Waals surface area contributed by atoms with Crippen molar-refractivity contribution in [3.05, 3.63) is 102 Å². The van der Waals surface area contributed by atoms with E-state index in [1.165, 1.54) is 12.1 Å². The van der Waals surface area contributed by atoms with Gasteiger partial charge < -0.3 is 19.8 Å². The molecule has 3 N–H and O–H groups in total. The van der Waals surface area contributed by atoms with E-state index >= 15 is 0 Å². The third kappa shape index (κ3) is 2.32. The zero-order valence-corrected chi connectivity index (χ0v) is 15.8. The van der Waals surface area contributed by atoms with Gasteiger partial charge in [-0.1, -0.05) is 36.4 Å². The van der Waals surface area contributed by atoms with Crippen LogP contribution in [0.1, 0.15) is 21.5 Å². The van der Waals surface area contributed by atoms with Crippen LogP contribution in [-0.4, -0.2) is 20.9 Å². The van der Waals surface area contributed by atoms with Gasteiger partial charge in [0.15, 0.2) is 5.76 Å². The molecule has 0 fully saturated rings. The van der Waals surface area contributed by atoms with Gasteiger partial charge in [0, 0.05) is 57.0 Å². The number of benzene rings is 3. The summed E-state index contributed by atoms with van der Waals surface area (Å²) < 4.78 is 6.05. The number of fused-ring (bicyclic) bond motifs is 3. The van der Waals surface area contributed by atoms with E-state index in [1.54, 1.807) is 6.07 Å². The average molecular weight is 392 g/mol. The number of aromatic amines is 2. The SMILES string of the molecule is O=C1C(=C(c2c[nH]c3ccccc23)c2c[nH]c3ccccc23)Oc2cc(O)ccc21. The fourth-order valence-corrected chi connectivity index (χ4v) is 4.17. The van der Waals surface area contributed by atoms with Crippen molar-refractivity contribution in [1.82, 2.24) is 9.97 Å². The van der Waals surface area contributed by atoms with E-state index in [9.17, 15) is 9.90 Å². The van der Waals surface area contributed by atoms with E-state index in [0.29, 0.717) is 16.9 Å². The van der Waals surface area contributed by atoms with Crippen LogP contribution < -0.4 is 4.74 Å².